The van der Waals surface area contributed by atoms with Crippen LogP contribution < -0.4 is 20.5 Å². The molecule has 1 atom stereocenters. The van der Waals surface area contributed by atoms with Crippen molar-refractivity contribution in [2.24, 2.45) is 5.73 Å². The van der Waals surface area contributed by atoms with E-state index < -0.39 is 12.0 Å². The highest BCUT2D eigenvalue weighted by Crippen LogP contribution is 2.25. The van der Waals surface area contributed by atoms with Crippen LogP contribution in [0.4, 0.5) is 0 Å². The number of aromatic amines is 1. The molecule has 8 heteroatoms. The molecule has 0 bridgehead atoms. The molecule has 1 amide bonds. The minimum Gasteiger partial charge on any atom is -0.490 e. The standard InChI is InChI=1S/C27H30N4O4/c1-27(2,31-16-20(32)17-34-24-5-3-4-23-22(24)12-13-29-23)14-18-6-9-21(10-7-18)35-25-11-8-19(15-30-25)26(28)33/h3-13,15,20,29,31-32H,14,16-17H2,1-2H3,(H2,28,33)/t20-/m0/s1/i13+2. The van der Waals surface area contributed by atoms with Crippen LogP contribution in [0.5, 0.6) is 17.4 Å². The van der Waals surface area contributed by atoms with E-state index in [0.29, 0.717) is 23.7 Å². The average Bonchev–Trinajstić information content (AvgIpc) is 3.32. The Bertz CT molecular complexity index is 1270. The van der Waals surface area contributed by atoms with Gasteiger partial charge in [0.2, 0.25) is 11.8 Å². The Morgan fingerprint density at radius 3 is 2.71 bits per heavy atom. The number of fused-ring (bicyclic) bond motifs is 1. The molecule has 0 fully saturated rings. The van der Waals surface area contributed by atoms with E-state index in [9.17, 15) is 9.90 Å². The van der Waals surface area contributed by atoms with Gasteiger partial charge in [-0.25, -0.2) is 4.98 Å². The van der Waals surface area contributed by atoms with Gasteiger partial charge in [-0.1, -0.05) is 18.2 Å². The molecular weight excluding hydrogens is 446 g/mol. The molecule has 4 aromatic rings. The fourth-order valence-corrected chi connectivity index (χ4v) is 3.78. The van der Waals surface area contributed by atoms with Gasteiger partial charge >= 0.3 is 0 Å². The maximum Gasteiger partial charge on any atom is 0.250 e. The third kappa shape index (κ3) is 6.59. The lowest BCUT2D eigenvalue weighted by Gasteiger charge is -2.28. The lowest BCUT2D eigenvalue weighted by atomic mass is 9.94. The third-order valence-electron chi connectivity index (χ3n) is 5.62. The average molecular weight is 477 g/mol. The number of ether oxygens (including phenoxy) is 2. The molecular formula is C27H30N4O4. The first-order valence-electron chi connectivity index (χ1n) is 11.4. The van der Waals surface area contributed by atoms with Gasteiger partial charge in [-0.15, -0.1) is 0 Å². The van der Waals surface area contributed by atoms with Crippen LogP contribution in [-0.2, 0) is 6.42 Å². The molecule has 8 nitrogen and oxygen atoms in total. The summed E-state index contributed by atoms with van der Waals surface area (Å²) < 4.78 is 11.6. The van der Waals surface area contributed by atoms with E-state index in [1.807, 2.05) is 54.7 Å². The predicted octanol–water partition coefficient (Wildman–Crippen LogP) is 3.80. The minimum atomic E-state index is -0.646. The summed E-state index contributed by atoms with van der Waals surface area (Å²) in [6.45, 7) is 4.80. The van der Waals surface area contributed by atoms with E-state index >= 15 is 0 Å². The number of carbonyl (C=O) groups is 1. The van der Waals surface area contributed by atoms with Gasteiger partial charge in [-0.05, 0) is 62.2 Å². The number of benzene rings is 2. The van der Waals surface area contributed by atoms with Crippen LogP contribution in [-0.4, -0.2) is 45.8 Å². The molecule has 0 saturated heterocycles. The first kappa shape index (κ1) is 24.3. The van der Waals surface area contributed by atoms with Crippen molar-refractivity contribution in [2.75, 3.05) is 13.2 Å². The van der Waals surface area contributed by atoms with Crippen LogP contribution in [0.3, 0.4) is 0 Å². The normalized spacial score (nSPS) is 12.4. The Balaban J connectivity index is 1.25. The topological polar surface area (TPSA) is 122 Å². The summed E-state index contributed by atoms with van der Waals surface area (Å²) >= 11 is 0. The number of rotatable bonds is 11. The molecule has 182 valence electrons. The third-order valence-corrected chi connectivity index (χ3v) is 5.62. The minimum absolute atomic E-state index is 0.202. The van der Waals surface area contributed by atoms with E-state index in [2.05, 4.69) is 29.1 Å². The first-order valence-corrected chi connectivity index (χ1v) is 11.4. The van der Waals surface area contributed by atoms with Gasteiger partial charge in [0.25, 0.3) is 0 Å². The molecule has 35 heavy (non-hydrogen) atoms. The number of aliphatic hydroxyl groups excluding tert-OH is 1. The molecule has 2 aromatic carbocycles. The van der Waals surface area contributed by atoms with Gasteiger partial charge < -0.3 is 30.6 Å². The van der Waals surface area contributed by atoms with Crippen LogP contribution in [0, 0.1) is 0 Å². The molecule has 0 aliphatic carbocycles. The highest BCUT2D eigenvalue weighted by atomic mass is 16.5. The molecule has 0 aliphatic heterocycles. The van der Waals surface area contributed by atoms with Crippen LogP contribution >= 0.6 is 0 Å². The SMILES string of the molecule is CC(C)(Cc1ccc(Oc2ccc(C(N)=O)cn2)cc1)NC[C@H](O)COc1cccc2[nH][14cH]cc12. The van der Waals surface area contributed by atoms with Crippen molar-refractivity contribution in [1.82, 2.24) is 15.3 Å². The summed E-state index contributed by atoms with van der Waals surface area (Å²) in [5, 5.41) is 14.9. The van der Waals surface area contributed by atoms with Gasteiger partial charge in [0.1, 0.15) is 24.2 Å². The molecule has 0 saturated carbocycles. The van der Waals surface area contributed by atoms with Crippen molar-refractivity contribution in [3.63, 3.8) is 0 Å². The van der Waals surface area contributed by atoms with E-state index in [-0.39, 0.29) is 12.1 Å². The lowest BCUT2D eigenvalue weighted by molar-refractivity contribution is 0.0995. The number of nitrogens with one attached hydrogen (secondary N) is 2. The number of nitrogens with two attached hydrogens (primary N) is 1. The lowest BCUT2D eigenvalue weighted by Crippen LogP contribution is -2.46. The van der Waals surface area contributed by atoms with Crippen molar-refractivity contribution >= 4 is 16.8 Å². The second-order valence-electron chi connectivity index (χ2n) is 9.10. The summed E-state index contributed by atoms with van der Waals surface area (Å²) in [5.41, 5.74) is 7.45. The highest BCUT2D eigenvalue weighted by Gasteiger charge is 2.20. The van der Waals surface area contributed by atoms with Crippen LogP contribution in [0.15, 0.2) is 73.1 Å². The maximum atomic E-state index is 11.1. The molecule has 2 heterocycles. The van der Waals surface area contributed by atoms with Gasteiger partial charge in [0, 0.05) is 41.4 Å². The van der Waals surface area contributed by atoms with Crippen LogP contribution in [0.2, 0.25) is 0 Å². The largest absolute Gasteiger partial charge is 0.490 e. The summed E-state index contributed by atoms with van der Waals surface area (Å²) in [5.74, 6) is 1.25. The fourth-order valence-electron chi connectivity index (χ4n) is 3.78. The zero-order valence-corrected chi connectivity index (χ0v) is 19.8. The fraction of sp³-hybridized carbons (Fsp3) is 0.259. The van der Waals surface area contributed by atoms with Crippen molar-refractivity contribution in [1.29, 1.82) is 0 Å². The van der Waals surface area contributed by atoms with Crippen molar-refractivity contribution in [3.8, 4) is 17.4 Å². The number of aromatic nitrogens is 2. The second kappa shape index (κ2) is 10.6. The van der Waals surface area contributed by atoms with Crippen LogP contribution in [0.25, 0.3) is 10.9 Å². The molecule has 0 radical (unpaired) electrons. The highest BCUT2D eigenvalue weighted by molar-refractivity contribution is 5.92. The number of pyridine rings is 1. The number of primary amides is 1. The van der Waals surface area contributed by atoms with Gasteiger partial charge in [0.15, 0.2) is 0 Å². The smallest absolute Gasteiger partial charge is 0.250 e. The Kier molecular flexibility index (Phi) is 7.33. The summed E-state index contributed by atoms with van der Waals surface area (Å²) in [6, 6.07) is 18.7. The molecule has 2 aromatic heterocycles. The van der Waals surface area contributed by atoms with Gasteiger partial charge in [-0.2, -0.15) is 0 Å². The Morgan fingerprint density at radius 2 is 2.00 bits per heavy atom. The molecule has 0 spiro atoms. The number of hydrogen-bond donors (Lipinski definition) is 4. The van der Waals surface area contributed by atoms with Gasteiger partial charge in [-0.3, -0.25) is 4.79 Å². The number of amides is 1. The summed E-state index contributed by atoms with van der Waals surface area (Å²) in [7, 11) is 0. The van der Waals surface area contributed by atoms with E-state index in [1.54, 1.807) is 12.1 Å². The molecule has 0 aliphatic rings. The van der Waals surface area contributed by atoms with Crippen molar-refractivity contribution in [3.05, 3.63) is 84.2 Å². The monoisotopic (exact) mass is 476 g/mol. The van der Waals surface area contributed by atoms with Gasteiger partial charge in [0.05, 0.1) is 5.56 Å². The zero-order chi connectivity index (χ0) is 24.8. The number of carbonyl (C=O) groups excluding carboxylic acids is 1. The number of nitrogens with zero attached hydrogens (tertiary/aromatic N) is 1. The van der Waals surface area contributed by atoms with Crippen molar-refractivity contribution < 1.29 is 19.4 Å². The Hall–Kier alpha value is -3.88. The molecule has 5 N–H and O–H groups in total. The number of hydrogen-bond acceptors (Lipinski definition) is 6. The zero-order valence-electron chi connectivity index (χ0n) is 19.8. The number of aliphatic hydroxyl groups is 1. The quantitative estimate of drug-likeness (QED) is 0.261. The second-order valence-corrected chi connectivity index (χ2v) is 9.10. The van der Waals surface area contributed by atoms with Crippen molar-refractivity contribution in [2.45, 2.75) is 31.9 Å². The Morgan fingerprint density at radius 1 is 1.20 bits per heavy atom. The molecule has 4 rings (SSSR count). The van der Waals surface area contributed by atoms with E-state index in [0.717, 1.165) is 28.6 Å². The predicted molar refractivity (Wildman–Crippen MR) is 135 cm³/mol. The first-order chi connectivity index (χ1) is 16.8. The van der Waals surface area contributed by atoms with E-state index in [1.165, 1.54) is 6.20 Å². The summed E-state index contributed by atoms with van der Waals surface area (Å²) in [6.07, 6.45) is 3.37. The number of H-pyrrole nitrogens is 1. The number of β-amino-alcohol motifs (C(OH)–C–C–N with tert-alkyl or cyclic N) is 1. The van der Waals surface area contributed by atoms with E-state index in [4.69, 9.17) is 15.2 Å². The maximum absolute atomic E-state index is 11.1. The molecule has 0 unspecified atom stereocenters. The van der Waals surface area contributed by atoms with Crippen LogP contribution in [0.1, 0.15) is 29.8 Å². The summed E-state index contributed by atoms with van der Waals surface area (Å²) in [4.78, 5) is 18.4. The Labute approximate surface area is 204 Å².